The fraction of sp³-hybridized carbons (Fsp3) is 0.583. The fourth-order valence-electron chi connectivity index (χ4n) is 4.13. The quantitative estimate of drug-likeness (QED) is 0.630. The lowest BCUT2D eigenvalue weighted by Gasteiger charge is -2.38. The summed E-state index contributed by atoms with van der Waals surface area (Å²) in [6, 6.07) is 6.67. The molecule has 32 heavy (non-hydrogen) atoms. The molecule has 1 aliphatic rings. The Bertz CT molecular complexity index is 890. The summed E-state index contributed by atoms with van der Waals surface area (Å²) in [5.74, 6) is -8.04. The SMILES string of the molecule is CC(C)(C)OC(=O)CC(C(=O)O)C1CC(C(=O)O)C(C(=O)OC(C)(C)C)c2ccccc21. The third-order valence-corrected chi connectivity index (χ3v) is 5.23. The molecule has 8 heteroatoms. The fourth-order valence-corrected chi connectivity index (χ4v) is 4.13. The van der Waals surface area contributed by atoms with Crippen LogP contribution in [-0.4, -0.2) is 45.3 Å². The van der Waals surface area contributed by atoms with Crippen LogP contribution in [0.2, 0.25) is 0 Å². The molecule has 2 rings (SSSR count). The van der Waals surface area contributed by atoms with Gasteiger partial charge in [0.2, 0.25) is 0 Å². The van der Waals surface area contributed by atoms with Crippen LogP contribution in [0.3, 0.4) is 0 Å². The highest BCUT2D eigenvalue weighted by atomic mass is 16.6. The van der Waals surface area contributed by atoms with E-state index < -0.39 is 65.2 Å². The molecular weight excluding hydrogens is 416 g/mol. The maximum atomic E-state index is 13.0. The standard InChI is InChI=1S/C24H32O8/c1-23(2,3)31-18(25)12-16(20(26)27)15-11-17(21(28)29)19(22(30)32-24(4,5)6)14-10-8-7-9-13(14)15/h7-10,15-17,19H,11-12H2,1-6H3,(H,26,27)(H,28,29). The van der Waals surface area contributed by atoms with Crippen LogP contribution in [0.4, 0.5) is 0 Å². The van der Waals surface area contributed by atoms with Gasteiger partial charge >= 0.3 is 23.9 Å². The molecule has 2 N–H and O–H groups in total. The van der Waals surface area contributed by atoms with E-state index in [1.165, 1.54) is 0 Å². The summed E-state index contributed by atoms with van der Waals surface area (Å²) < 4.78 is 10.8. The third-order valence-electron chi connectivity index (χ3n) is 5.23. The molecule has 176 valence electrons. The number of carbonyl (C=O) groups excluding carboxylic acids is 2. The molecule has 0 spiro atoms. The third kappa shape index (κ3) is 6.31. The maximum Gasteiger partial charge on any atom is 0.314 e. The van der Waals surface area contributed by atoms with Crippen molar-refractivity contribution in [2.24, 2.45) is 11.8 Å². The molecule has 0 amide bonds. The Balaban J connectivity index is 2.50. The molecular formula is C24H32O8. The number of benzene rings is 1. The van der Waals surface area contributed by atoms with Crippen molar-refractivity contribution in [1.82, 2.24) is 0 Å². The Hall–Kier alpha value is -2.90. The van der Waals surface area contributed by atoms with Crippen LogP contribution >= 0.6 is 0 Å². The molecule has 8 nitrogen and oxygen atoms in total. The number of carboxylic acids is 2. The van der Waals surface area contributed by atoms with Crippen LogP contribution < -0.4 is 0 Å². The molecule has 0 bridgehead atoms. The van der Waals surface area contributed by atoms with Crippen LogP contribution in [0, 0.1) is 11.8 Å². The Morgan fingerprint density at radius 1 is 0.938 bits per heavy atom. The van der Waals surface area contributed by atoms with E-state index in [4.69, 9.17) is 9.47 Å². The van der Waals surface area contributed by atoms with Crippen molar-refractivity contribution in [3.05, 3.63) is 35.4 Å². The predicted octanol–water partition coefficient (Wildman–Crippen LogP) is 3.73. The van der Waals surface area contributed by atoms with Gasteiger partial charge in [-0.2, -0.15) is 0 Å². The van der Waals surface area contributed by atoms with Gasteiger partial charge in [0, 0.05) is 0 Å². The number of hydrogen-bond acceptors (Lipinski definition) is 6. The first kappa shape index (κ1) is 25.4. The minimum atomic E-state index is -1.23. The number of hydrogen-bond donors (Lipinski definition) is 2. The van der Waals surface area contributed by atoms with E-state index in [1.807, 2.05) is 0 Å². The lowest BCUT2D eigenvalue weighted by Crippen LogP contribution is -2.40. The second kappa shape index (κ2) is 9.30. The molecule has 1 aliphatic carbocycles. The van der Waals surface area contributed by atoms with Crippen molar-refractivity contribution >= 4 is 23.9 Å². The second-order valence-electron chi connectivity index (χ2n) is 10.2. The van der Waals surface area contributed by atoms with Crippen molar-refractivity contribution in [3.8, 4) is 0 Å². The molecule has 0 fully saturated rings. The average molecular weight is 449 g/mol. The predicted molar refractivity (Wildman–Crippen MR) is 115 cm³/mol. The van der Waals surface area contributed by atoms with Gasteiger partial charge in [-0.25, -0.2) is 0 Å². The van der Waals surface area contributed by atoms with E-state index in [1.54, 1.807) is 65.8 Å². The zero-order chi connectivity index (χ0) is 24.4. The molecule has 1 aromatic rings. The zero-order valence-corrected chi connectivity index (χ0v) is 19.4. The van der Waals surface area contributed by atoms with Crippen LogP contribution in [0.15, 0.2) is 24.3 Å². The number of ether oxygens (including phenoxy) is 2. The summed E-state index contributed by atoms with van der Waals surface area (Å²) in [5.41, 5.74) is -0.639. The monoisotopic (exact) mass is 448 g/mol. The number of fused-ring (bicyclic) bond motifs is 1. The van der Waals surface area contributed by atoms with Crippen LogP contribution in [-0.2, 0) is 28.7 Å². The normalized spacial score (nSPS) is 21.8. The summed E-state index contributed by atoms with van der Waals surface area (Å²) >= 11 is 0. The van der Waals surface area contributed by atoms with E-state index >= 15 is 0 Å². The molecule has 0 saturated carbocycles. The summed E-state index contributed by atoms with van der Waals surface area (Å²) in [7, 11) is 0. The lowest BCUT2D eigenvalue weighted by molar-refractivity contribution is -0.164. The molecule has 0 saturated heterocycles. The van der Waals surface area contributed by atoms with Crippen molar-refractivity contribution in [1.29, 1.82) is 0 Å². The first-order valence-corrected chi connectivity index (χ1v) is 10.6. The summed E-state index contributed by atoms with van der Waals surface area (Å²) in [6.07, 6.45) is -0.523. The number of carboxylic acid groups (broad SMARTS) is 2. The molecule has 4 atom stereocenters. The molecule has 0 aliphatic heterocycles. The Morgan fingerprint density at radius 3 is 1.94 bits per heavy atom. The van der Waals surface area contributed by atoms with E-state index in [0.29, 0.717) is 11.1 Å². The molecule has 0 aromatic heterocycles. The average Bonchev–Trinajstić information content (AvgIpc) is 2.61. The highest BCUT2D eigenvalue weighted by Crippen LogP contribution is 2.47. The number of aliphatic carboxylic acids is 2. The van der Waals surface area contributed by atoms with Crippen molar-refractivity contribution in [3.63, 3.8) is 0 Å². The van der Waals surface area contributed by atoms with Gasteiger partial charge in [-0.3, -0.25) is 19.2 Å². The van der Waals surface area contributed by atoms with Gasteiger partial charge in [0.15, 0.2) is 0 Å². The Morgan fingerprint density at radius 2 is 1.47 bits per heavy atom. The second-order valence-corrected chi connectivity index (χ2v) is 10.2. The number of esters is 2. The van der Waals surface area contributed by atoms with E-state index in [2.05, 4.69) is 0 Å². The van der Waals surface area contributed by atoms with Gasteiger partial charge in [0.1, 0.15) is 11.2 Å². The minimum absolute atomic E-state index is 0.115. The van der Waals surface area contributed by atoms with Gasteiger partial charge in [-0.1, -0.05) is 24.3 Å². The van der Waals surface area contributed by atoms with E-state index in [-0.39, 0.29) is 6.42 Å². The topological polar surface area (TPSA) is 127 Å². The van der Waals surface area contributed by atoms with E-state index in [0.717, 1.165) is 0 Å². The van der Waals surface area contributed by atoms with Crippen molar-refractivity contribution in [2.45, 2.75) is 77.4 Å². The van der Waals surface area contributed by atoms with Crippen molar-refractivity contribution in [2.75, 3.05) is 0 Å². The van der Waals surface area contributed by atoms with Crippen LogP contribution in [0.5, 0.6) is 0 Å². The van der Waals surface area contributed by atoms with Gasteiger partial charge in [0.25, 0.3) is 0 Å². The maximum absolute atomic E-state index is 13.0. The highest BCUT2D eigenvalue weighted by Gasteiger charge is 2.48. The largest absolute Gasteiger partial charge is 0.481 e. The van der Waals surface area contributed by atoms with Gasteiger partial charge in [-0.15, -0.1) is 0 Å². The summed E-state index contributed by atoms with van der Waals surface area (Å²) in [4.78, 5) is 49.6. The van der Waals surface area contributed by atoms with Gasteiger partial charge in [0.05, 0.1) is 24.2 Å². The van der Waals surface area contributed by atoms with Gasteiger partial charge < -0.3 is 19.7 Å². The first-order chi connectivity index (χ1) is 14.6. The Kier molecular flexibility index (Phi) is 7.37. The molecule has 0 heterocycles. The van der Waals surface area contributed by atoms with Crippen LogP contribution in [0.25, 0.3) is 0 Å². The zero-order valence-electron chi connectivity index (χ0n) is 19.4. The Labute approximate surface area is 187 Å². The lowest BCUT2D eigenvalue weighted by atomic mass is 9.66. The number of carbonyl (C=O) groups is 4. The first-order valence-electron chi connectivity index (χ1n) is 10.6. The highest BCUT2D eigenvalue weighted by molar-refractivity contribution is 5.88. The minimum Gasteiger partial charge on any atom is -0.481 e. The molecule has 0 radical (unpaired) electrons. The van der Waals surface area contributed by atoms with Crippen LogP contribution in [0.1, 0.15) is 77.3 Å². The smallest absolute Gasteiger partial charge is 0.314 e. The summed E-state index contributed by atoms with van der Waals surface area (Å²) in [5, 5.41) is 19.8. The van der Waals surface area contributed by atoms with Crippen molar-refractivity contribution < 1.29 is 38.9 Å². The van der Waals surface area contributed by atoms with E-state index in [9.17, 15) is 29.4 Å². The molecule has 4 unspecified atom stereocenters. The number of rotatable bonds is 6. The van der Waals surface area contributed by atoms with Gasteiger partial charge in [-0.05, 0) is 65.0 Å². The summed E-state index contributed by atoms with van der Waals surface area (Å²) in [6.45, 7) is 10.1. The molecule has 1 aromatic carbocycles.